The topological polar surface area (TPSA) is 64.1 Å². The van der Waals surface area contributed by atoms with Crippen LogP contribution >= 0.6 is 0 Å². The van der Waals surface area contributed by atoms with Crippen molar-refractivity contribution in [2.24, 2.45) is 5.73 Å². The predicted octanol–water partition coefficient (Wildman–Crippen LogP) is 1.31. The molecular formula is C12H17N3O. The molecule has 2 rings (SSSR count). The van der Waals surface area contributed by atoms with Gasteiger partial charge in [0.15, 0.2) is 12.0 Å². The van der Waals surface area contributed by atoms with E-state index in [2.05, 4.69) is 16.4 Å². The zero-order chi connectivity index (χ0) is 11.2. The number of nitrogens with zero attached hydrogens (tertiary/aromatic N) is 1. The molecule has 4 heteroatoms. The maximum Gasteiger partial charge on any atom is 0.181 e. The average molecular weight is 219 g/mol. The lowest BCUT2D eigenvalue weighted by atomic mass is 10.1. The molecule has 0 saturated carbocycles. The summed E-state index contributed by atoms with van der Waals surface area (Å²) in [4.78, 5) is 4.08. The van der Waals surface area contributed by atoms with Gasteiger partial charge in [-0.2, -0.15) is 0 Å². The number of benzene rings is 1. The Hall–Kier alpha value is -1.39. The van der Waals surface area contributed by atoms with Crippen LogP contribution in [0.25, 0.3) is 11.1 Å². The summed E-state index contributed by atoms with van der Waals surface area (Å²) in [6.45, 7) is 2.71. The van der Waals surface area contributed by atoms with E-state index in [-0.39, 0.29) is 0 Å². The molecule has 0 amide bonds. The Morgan fingerprint density at radius 1 is 1.31 bits per heavy atom. The van der Waals surface area contributed by atoms with Crippen molar-refractivity contribution in [3.05, 3.63) is 30.2 Å². The van der Waals surface area contributed by atoms with Crippen LogP contribution < -0.4 is 11.1 Å². The molecule has 1 heterocycles. The van der Waals surface area contributed by atoms with Gasteiger partial charge < -0.3 is 15.5 Å². The van der Waals surface area contributed by atoms with Crippen LogP contribution in [0.1, 0.15) is 12.0 Å². The van der Waals surface area contributed by atoms with Crippen molar-refractivity contribution in [2.75, 3.05) is 19.6 Å². The largest absolute Gasteiger partial charge is 0.443 e. The zero-order valence-electron chi connectivity index (χ0n) is 9.28. The lowest BCUT2D eigenvalue weighted by molar-refractivity contribution is 0.601. The Labute approximate surface area is 94.8 Å². The zero-order valence-corrected chi connectivity index (χ0v) is 9.28. The van der Waals surface area contributed by atoms with Crippen molar-refractivity contribution < 1.29 is 4.42 Å². The van der Waals surface area contributed by atoms with E-state index in [1.165, 1.54) is 12.0 Å². The predicted molar refractivity (Wildman–Crippen MR) is 64.3 cm³/mol. The highest BCUT2D eigenvalue weighted by molar-refractivity contribution is 5.72. The van der Waals surface area contributed by atoms with Crippen LogP contribution in [0, 0.1) is 0 Å². The van der Waals surface area contributed by atoms with E-state index in [1.54, 1.807) is 0 Å². The Balaban J connectivity index is 1.84. The molecule has 3 N–H and O–H groups in total. The molecule has 2 aromatic rings. The molecule has 0 unspecified atom stereocenters. The molecule has 4 nitrogen and oxygen atoms in total. The third-order valence-corrected chi connectivity index (χ3v) is 2.54. The monoisotopic (exact) mass is 219 g/mol. The molecule has 0 saturated heterocycles. The number of nitrogens with two attached hydrogens (primary N) is 1. The van der Waals surface area contributed by atoms with E-state index < -0.39 is 0 Å². The molecule has 0 atom stereocenters. The summed E-state index contributed by atoms with van der Waals surface area (Å²) in [6, 6.07) is 6.14. The molecule has 0 aliphatic carbocycles. The van der Waals surface area contributed by atoms with E-state index in [0.29, 0.717) is 0 Å². The standard InChI is InChI=1S/C12H17N3O/c13-5-1-6-14-7-4-10-2-3-11-12(8-10)16-9-15-11/h2-3,8-9,14H,1,4-7,13H2. The van der Waals surface area contributed by atoms with Gasteiger partial charge in [0.2, 0.25) is 0 Å². The highest BCUT2D eigenvalue weighted by Crippen LogP contribution is 2.14. The number of nitrogens with one attached hydrogen (secondary N) is 1. The molecular weight excluding hydrogens is 202 g/mol. The van der Waals surface area contributed by atoms with Gasteiger partial charge in [-0.15, -0.1) is 0 Å². The van der Waals surface area contributed by atoms with Crippen molar-refractivity contribution in [2.45, 2.75) is 12.8 Å². The summed E-state index contributed by atoms with van der Waals surface area (Å²) in [5, 5.41) is 3.35. The maximum atomic E-state index is 5.41. The summed E-state index contributed by atoms with van der Waals surface area (Å²) in [7, 11) is 0. The summed E-state index contributed by atoms with van der Waals surface area (Å²) in [6.07, 6.45) is 3.51. The first-order chi connectivity index (χ1) is 7.90. The highest BCUT2D eigenvalue weighted by atomic mass is 16.3. The smallest absolute Gasteiger partial charge is 0.181 e. The Bertz CT molecular complexity index is 439. The van der Waals surface area contributed by atoms with Crippen LogP contribution in [0.5, 0.6) is 0 Å². The lowest BCUT2D eigenvalue weighted by Gasteiger charge is -2.03. The van der Waals surface area contributed by atoms with Crippen LogP contribution in [0.4, 0.5) is 0 Å². The van der Waals surface area contributed by atoms with Crippen LogP contribution in [0.3, 0.4) is 0 Å². The third kappa shape index (κ3) is 2.81. The van der Waals surface area contributed by atoms with Gasteiger partial charge in [-0.1, -0.05) is 6.07 Å². The van der Waals surface area contributed by atoms with Gasteiger partial charge in [0.05, 0.1) is 0 Å². The average Bonchev–Trinajstić information content (AvgIpc) is 2.76. The highest BCUT2D eigenvalue weighted by Gasteiger charge is 1.99. The van der Waals surface area contributed by atoms with Crippen molar-refractivity contribution in [3.8, 4) is 0 Å². The molecule has 0 aliphatic rings. The number of hydrogen-bond acceptors (Lipinski definition) is 4. The van der Waals surface area contributed by atoms with Gasteiger partial charge in [0.25, 0.3) is 0 Å². The first-order valence-corrected chi connectivity index (χ1v) is 5.63. The number of hydrogen-bond donors (Lipinski definition) is 2. The van der Waals surface area contributed by atoms with Crippen LogP contribution in [-0.2, 0) is 6.42 Å². The lowest BCUT2D eigenvalue weighted by Crippen LogP contribution is -2.20. The van der Waals surface area contributed by atoms with Crippen molar-refractivity contribution in [1.82, 2.24) is 10.3 Å². The third-order valence-electron chi connectivity index (χ3n) is 2.54. The summed E-state index contributed by atoms with van der Waals surface area (Å²) in [5.74, 6) is 0. The van der Waals surface area contributed by atoms with Crippen molar-refractivity contribution in [3.63, 3.8) is 0 Å². The number of aromatic nitrogens is 1. The fourth-order valence-electron chi connectivity index (χ4n) is 1.64. The van der Waals surface area contributed by atoms with Crippen LogP contribution in [-0.4, -0.2) is 24.6 Å². The summed E-state index contributed by atoms with van der Waals surface area (Å²) < 4.78 is 5.26. The van der Waals surface area contributed by atoms with Crippen LogP contribution in [0.2, 0.25) is 0 Å². The summed E-state index contributed by atoms with van der Waals surface area (Å²) in [5.41, 5.74) is 8.46. The normalized spacial score (nSPS) is 11.1. The fraction of sp³-hybridized carbons (Fsp3) is 0.417. The van der Waals surface area contributed by atoms with Crippen LogP contribution in [0.15, 0.2) is 29.0 Å². The molecule has 0 fully saturated rings. The second-order valence-electron chi connectivity index (χ2n) is 3.80. The molecule has 0 spiro atoms. The Morgan fingerprint density at radius 3 is 3.12 bits per heavy atom. The van der Waals surface area contributed by atoms with Crippen molar-refractivity contribution >= 4 is 11.1 Å². The van der Waals surface area contributed by atoms with Gasteiger partial charge in [-0.05, 0) is 50.2 Å². The minimum absolute atomic E-state index is 0.747. The van der Waals surface area contributed by atoms with E-state index in [0.717, 1.165) is 43.6 Å². The molecule has 86 valence electrons. The molecule has 0 bridgehead atoms. The van der Waals surface area contributed by atoms with E-state index in [4.69, 9.17) is 10.2 Å². The van der Waals surface area contributed by atoms with Gasteiger partial charge in [0.1, 0.15) is 5.52 Å². The fourth-order valence-corrected chi connectivity index (χ4v) is 1.64. The Kier molecular flexibility index (Phi) is 3.91. The van der Waals surface area contributed by atoms with E-state index in [9.17, 15) is 0 Å². The number of fused-ring (bicyclic) bond motifs is 1. The molecule has 16 heavy (non-hydrogen) atoms. The van der Waals surface area contributed by atoms with Gasteiger partial charge in [-0.25, -0.2) is 4.98 Å². The van der Waals surface area contributed by atoms with Crippen molar-refractivity contribution in [1.29, 1.82) is 0 Å². The van der Waals surface area contributed by atoms with Gasteiger partial charge in [-0.3, -0.25) is 0 Å². The first kappa shape index (κ1) is 11.1. The quantitative estimate of drug-likeness (QED) is 0.719. The second kappa shape index (κ2) is 5.63. The number of oxazole rings is 1. The van der Waals surface area contributed by atoms with Gasteiger partial charge in [0, 0.05) is 0 Å². The maximum absolute atomic E-state index is 5.41. The van der Waals surface area contributed by atoms with E-state index in [1.807, 2.05) is 12.1 Å². The Morgan fingerprint density at radius 2 is 2.25 bits per heavy atom. The molecule has 0 aliphatic heterocycles. The molecule has 0 radical (unpaired) electrons. The molecule has 1 aromatic carbocycles. The second-order valence-corrected chi connectivity index (χ2v) is 3.80. The summed E-state index contributed by atoms with van der Waals surface area (Å²) >= 11 is 0. The van der Waals surface area contributed by atoms with E-state index >= 15 is 0 Å². The molecule has 1 aromatic heterocycles. The van der Waals surface area contributed by atoms with Gasteiger partial charge >= 0.3 is 0 Å². The first-order valence-electron chi connectivity index (χ1n) is 5.63. The minimum atomic E-state index is 0.747. The SMILES string of the molecule is NCCCNCCc1ccc2ncoc2c1. The number of rotatable bonds is 6. The minimum Gasteiger partial charge on any atom is -0.443 e.